The van der Waals surface area contributed by atoms with E-state index in [1.54, 1.807) is 0 Å². The normalized spacial score (nSPS) is 27.3. The molecule has 0 bridgehead atoms. The first kappa shape index (κ1) is 15.0. The van der Waals surface area contributed by atoms with Crippen molar-refractivity contribution in [3.05, 3.63) is 0 Å². The van der Waals surface area contributed by atoms with Gasteiger partial charge in [0.05, 0.1) is 6.54 Å². The Morgan fingerprint density at radius 1 is 1.28 bits per heavy atom. The lowest BCUT2D eigenvalue weighted by atomic mass is 9.80. The predicted molar refractivity (Wildman–Crippen MR) is 67.0 cm³/mol. The molecule has 0 aliphatic heterocycles. The maximum atomic E-state index is 11.8. The number of hydrogen-bond donors (Lipinski definition) is 3. The van der Waals surface area contributed by atoms with Crippen LogP contribution in [0.4, 0.5) is 0 Å². The standard InChI is InChI=1S/C13H23NO4/c1-3-9-4-6-10(7-5-9)11(15)14-8-13(2,18)12(16)17/h9-10,18H,3-8H2,1-2H3,(H,14,15)(H,16,17). The van der Waals surface area contributed by atoms with Crippen molar-refractivity contribution in [2.45, 2.75) is 51.6 Å². The van der Waals surface area contributed by atoms with Crippen molar-refractivity contribution < 1.29 is 19.8 Å². The summed E-state index contributed by atoms with van der Waals surface area (Å²) < 4.78 is 0. The van der Waals surface area contributed by atoms with Gasteiger partial charge in [0.15, 0.2) is 5.60 Å². The number of carboxylic acids is 1. The summed E-state index contributed by atoms with van der Waals surface area (Å²) in [5, 5.41) is 20.8. The van der Waals surface area contributed by atoms with Crippen molar-refractivity contribution in [2.24, 2.45) is 11.8 Å². The lowest BCUT2D eigenvalue weighted by Crippen LogP contribution is -2.48. The zero-order valence-corrected chi connectivity index (χ0v) is 11.1. The Bertz CT molecular complexity index is 306. The van der Waals surface area contributed by atoms with Crippen LogP contribution in [0.15, 0.2) is 0 Å². The Kier molecular flexibility index (Phi) is 5.14. The van der Waals surface area contributed by atoms with Gasteiger partial charge in [-0.1, -0.05) is 13.3 Å². The number of carbonyl (C=O) groups is 2. The predicted octanol–water partition coefficient (Wildman–Crippen LogP) is 1.15. The second-order valence-electron chi connectivity index (χ2n) is 5.42. The van der Waals surface area contributed by atoms with Gasteiger partial charge >= 0.3 is 5.97 Å². The zero-order chi connectivity index (χ0) is 13.8. The molecule has 104 valence electrons. The van der Waals surface area contributed by atoms with E-state index < -0.39 is 11.6 Å². The van der Waals surface area contributed by atoms with Gasteiger partial charge in [-0.15, -0.1) is 0 Å². The van der Waals surface area contributed by atoms with Crippen LogP contribution in [0, 0.1) is 11.8 Å². The van der Waals surface area contributed by atoms with Crippen molar-refractivity contribution in [3.8, 4) is 0 Å². The summed E-state index contributed by atoms with van der Waals surface area (Å²) in [6.45, 7) is 3.10. The molecule has 1 saturated carbocycles. The summed E-state index contributed by atoms with van der Waals surface area (Å²) in [4.78, 5) is 22.5. The molecule has 3 N–H and O–H groups in total. The molecule has 0 aromatic rings. The molecule has 0 aromatic heterocycles. The van der Waals surface area contributed by atoms with E-state index in [4.69, 9.17) is 5.11 Å². The Balaban J connectivity index is 2.36. The highest BCUT2D eigenvalue weighted by molar-refractivity contribution is 5.81. The monoisotopic (exact) mass is 257 g/mol. The minimum atomic E-state index is -1.89. The summed E-state index contributed by atoms with van der Waals surface area (Å²) in [6.07, 6.45) is 5.00. The van der Waals surface area contributed by atoms with Gasteiger partial charge in [-0.3, -0.25) is 4.79 Å². The number of carboxylic acid groups (broad SMARTS) is 1. The molecule has 5 heteroatoms. The first-order valence-corrected chi connectivity index (χ1v) is 6.60. The highest BCUT2D eigenvalue weighted by Crippen LogP contribution is 2.30. The van der Waals surface area contributed by atoms with Gasteiger partial charge < -0.3 is 15.5 Å². The van der Waals surface area contributed by atoms with Crippen LogP contribution >= 0.6 is 0 Å². The quantitative estimate of drug-likeness (QED) is 0.689. The van der Waals surface area contributed by atoms with Crippen molar-refractivity contribution in [3.63, 3.8) is 0 Å². The molecule has 18 heavy (non-hydrogen) atoms. The van der Waals surface area contributed by atoms with E-state index in [1.165, 1.54) is 6.92 Å². The van der Waals surface area contributed by atoms with Gasteiger partial charge in [0.2, 0.25) is 5.91 Å². The molecule has 0 aromatic carbocycles. The third kappa shape index (κ3) is 3.98. The average molecular weight is 257 g/mol. The fourth-order valence-corrected chi connectivity index (χ4v) is 2.31. The Hall–Kier alpha value is -1.10. The number of nitrogens with one attached hydrogen (secondary N) is 1. The van der Waals surface area contributed by atoms with E-state index >= 15 is 0 Å². The SMILES string of the molecule is CCC1CCC(C(=O)NCC(C)(O)C(=O)O)CC1. The van der Waals surface area contributed by atoms with Crippen molar-refractivity contribution in [1.82, 2.24) is 5.32 Å². The average Bonchev–Trinajstić information content (AvgIpc) is 2.36. The van der Waals surface area contributed by atoms with Crippen molar-refractivity contribution in [2.75, 3.05) is 6.54 Å². The number of hydrogen-bond acceptors (Lipinski definition) is 3. The zero-order valence-electron chi connectivity index (χ0n) is 11.1. The second kappa shape index (κ2) is 6.18. The summed E-state index contributed by atoms with van der Waals surface area (Å²) in [6, 6.07) is 0. The van der Waals surface area contributed by atoms with E-state index in [-0.39, 0.29) is 18.4 Å². The summed E-state index contributed by atoms with van der Waals surface area (Å²) in [5.74, 6) is -0.767. The summed E-state index contributed by atoms with van der Waals surface area (Å²) in [5.41, 5.74) is -1.89. The maximum absolute atomic E-state index is 11.8. The van der Waals surface area contributed by atoms with Crippen LogP contribution in [0.2, 0.25) is 0 Å². The molecule has 1 aliphatic rings. The van der Waals surface area contributed by atoms with Crippen LogP contribution in [0.1, 0.15) is 46.0 Å². The molecule has 1 unspecified atom stereocenters. The topological polar surface area (TPSA) is 86.6 Å². The minimum Gasteiger partial charge on any atom is -0.479 e. The highest BCUT2D eigenvalue weighted by atomic mass is 16.4. The lowest BCUT2D eigenvalue weighted by molar-refractivity contribution is -0.156. The number of rotatable bonds is 5. The molecule has 0 saturated heterocycles. The Morgan fingerprint density at radius 3 is 2.28 bits per heavy atom. The fourth-order valence-electron chi connectivity index (χ4n) is 2.31. The van der Waals surface area contributed by atoms with Crippen molar-refractivity contribution >= 4 is 11.9 Å². The Morgan fingerprint density at radius 2 is 1.83 bits per heavy atom. The largest absolute Gasteiger partial charge is 0.479 e. The van der Waals surface area contributed by atoms with Gasteiger partial charge in [-0.05, 0) is 38.5 Å². The fraction of sp³-hybridized carbons (Fsp3) is 0.846. The van der Waals surface area contributed by atoms with Gasteiger partial charge in [0.1, 0.15) is 0 Å². The van der Waals surface area contributed by atoms with Crippen LogP contribution < -0.4 is 5.32 Å². The number of carbonyl (C=O) groups excluding carboxylic acids is 1. The third-order valence-corrected chi connectivity index (χ3v) is 3.86. The van der Waals surface area contributed by atoms with Crippen LogP contribution in [-0.2, 0) is 9.59 Å². The van der Waals surface area contributed by atoms with Crippen molar-refractivity contribution in [1.29, 1.82) is 0 Å². The number of amides is 1. The number of aliphatic hydroxyl groups is 1. The first-order chi connectivity index (χ1) is 8.36. The first-order valence-electron chi connectivity index (χ1n) is 6.60. The number of aliphatic carboxylic acids is 1. The molecule has 1 aliphatic carbocycles. The third-order valence-electron chi connectivity index (χ3n) is 3.86. The summed E-state index contributed by atoms with van der Waals surface area (Å²) in [7, 11) is 0. The van der Waals surface area contributed by atoms with E-state index in [0.29, 0.717) is 0 Å². The molecule has 0 spiro atoms. The van der Waals surface area contributed by atoms with Gasteiger partial charge in [0, 0.05) is 5.92 Å². The molecular weight excluding hydrogens is 234 g/mol. The molecule has 1 amide bonds. The molecule has 5 nitrogen and oxygen atoms in total. The molecular formula is C13H23NO4. The lowest BCUT2D eigenvalue weighted by Gasteiger charge is -2.28. The molecule has 0 heterocycles. The minimum absolute atomic E-state index is 0.0302. The van der Waals surface area contributed by atoms with Gasteiger partial charge in [-0.2, -0.15) is 0 Å². The highest BCUT2D eigenvalue weighted by Gasteiger charge is 2.32. The summed E-state index contributed by atoms with van der Waals surface area (Å²) >= 11 is 0. The van der Waals surface area contributed by atoms with Gasteiger partial charge in [-0.25, -0.2) is 4.79 Å². The Labute approximate surface area is 108 Å². The molecule has 1 atom stereocenters. The van der Waals surface area contributed by atoms with Crippen LogP contribution in [0.3, 0.4) is 0 Å². The van der Waals surface area contributed by atoms with Crippen LogP contribution in [0.25, 0.3) is 0 Å². The maximum Gasteiger partial charge on any atom is 0.337 e. The molecule has 1 fully saturated rings. The van der Waals surface area contributed by atoms with E-state index in [1.807, 2.05) is 0 Å². The van der Waals surface area contributed by atoms with Crippen LogP contribution in [0.5, 0.6) is 0 Å². The molecule has 0 radical (unpaired) electrons. The van der Waals surface area contributed by atoms with E-state index in [0.717, 1.165) is 38.0 Å². The van der Waals surface area contributed by atoms with E-state index in [9.17, 15) is 14.7 Å². The van der Waals surface area contributed by atoms with Crippen LogP contribution in [-0.4, -0.2) is 34.2 Å². The van der Waals surface area contributed by atoms with Gasteiger partial charge in [0.25, 0.3) is 0 Å². The smallest absolute Gasteiger partial charge is 0.337 e. The van der Waals surface area contributed by atoms with E-state index in [2.05, 4.69) is 12.2 Å². The second-order valence-corrected chi connectivity index (χ2v) is 5.42. The molecule has 1 rings (SSSR count).